The van der Waals surface area contributed by atoms with E-state index in [0.717, 1.165) is 29.4 Å². The first-order valence-corrected chi connectivity index (χ1v) is 21.8. The highest BCUT2D eigenvalue weighted by atomic mass is 28.4. The van der Waals surface area contributed by atoms with Crippen LogP contribution in [0.3, 0.4) is 0 Å². The number of benzene rings is 1. The van der Waals surface area contributed by atoms with Crippen molar-refractivity contribution in [3.8, 4) is 23.0 Å². The Balaban J connectivity index is 3.99. The molecule has 1 aromatic carbocycles. The Hall–Kier alpha value is -0.756. The molecule has 0 fully saturated rings. The average Bonchev–Trinajstić information content (AvgIpc) is 2.53. The van der Waals surface area contributed by atoms with Gasteiger partial charge in [-0.3, -0.25) is 0 Å². The molecule has 0 aromatic heterocycles. The summed E-state index contributed by atoms with van der Waals surface area (Å²) in [5.41, 5.74) is 3.40. The van der Waals surface area contributed by atoms with E-state index in [9.17, 15) is 0 Å². The molecule has 0 aliphatic carbocycles. The summed E-state index contributed by atoms with van der Waals surface area (Å²) < 4.78 is 25.4. The third-order valence-electron chi connectivity index (χ3n) is 4.04. The zero-order chi connectivity index (χ0) is 23.5. The van der Waals surface area contributed by atoms with E-state index in [2.05, 4.69) is 99.6 Å². The fourth-order valence-electron chi connectivity index (χ4n) is 2.79. The van der Waals surface area contributed by atoms with Crippen LogP contribution in [0.25, 0.3) is 5.57 Å². The molecule has 0 unspecified atom stereocenters. The molecule has 0 amide bonds. The molecule has 1 aromatic rings. The summed E-state index contributed by atoms with van der Waals surface area (Å²) >= 11 is 0. The molecule has 0 heterocycles. The van der Waals surface area contributed by atoms with Gasteiger partial charge >= 0.3 is 10.5 Å². The van der Waals surface area contributed by atoms with Crippen molar-refractivity contribution in [2.24, 2.45) is 0 Å². The standard InChI is InChI=1S/C21H38O4Si5/c1-15(12-13-26)16(2)17-14-18(23-28(3,4)5)20(24-29(6,7)8)21(19(17)22-27)25-30(9,10)11/h14H,12-13H2,1-11H3. The van der Waals surface area contributed by atoms with Crippen molar-refractivity contribution >= 4 is 51.3 Å². The summed E-state index contributed by atoms with van der Waals surface area (Å²) in [5, 5.41) is 0. The van der Waals surface area contributed by atoms with Gasteiger partial charge in [-0.2, -0.15) is 0 Å². The van der Waals surface area contributed by atoms with Crippen molar-refractivity contribution < 1.29 is 17.7 Å². The van der Waals surface area contributed by atoms with Crippen LogP contribution in [0.1, 0.15) is 25.8 Å². The Morgan fingerprint density at radius 1 is 0.767 bits per heavy atom. The monoisotopic (exact) mass is 494 g/mol. The summed E-state index contributed by atoms with van der Waals surface area (Å²) in [6.45, 7) is 23.8. The van der Waals surface area contributed by atoms with Gasteiger partial charge in [0, 0.05) is 15.8 Å². The molecule has 0 N–H and O–H groups in total. The summed E-state index contributed by atoms with van der Waals surface area (Å²) in [6.07, 6.45) is 0.950. The van der Waals surface area contributed by atoms with Gasteiger partial charge in [0.15, 0.2) is 17.2 Å². The third-order valence-corrected chi connectivity index (χ3v) is 6.95. The van der Waals surface area contributed by atoms with Crippen LogP contribution >= 0.6 is 0 Å². The first-order valence-electron chi connectivity index (χ1n) is 10.4. The van der Waals surface area contributed by atoms with Crippen molar-refractivity contribution in [3.05, 3.63) is 17.2 Å². The first-order chi connectivity index (χ1) is 13.5. The topological polar surface area (TPSA) is 36.9 Å². The van der Waals surface area contributed by atoms with E-state index in [0.29, 0.717) is 17.2 Å². The summed E-state index contributed by atoms with van der Waals surface area (Å²) in [5.74, 6) is 2.71. The van der Waals surface area contributed by atoms with Gasteiger partial charge < -0.3 is 17.7 Å². The molecule has 0 atom stereocenters. The minimum atomic E-state index is -1.97. The Morgan fingerprint density at radius 3 is 1.63 bits per heavy atom. The predicted octanol–water partition coefficient (Wildman–Crippen LogP) is 6.56. The number of hydrogen-bond acceptors (Lipinski definition) is 4. The smallest absolute Gasteiger partial charge is 0.341 e. The normalized spacial score (nSPS) is 13.6. The molecule has 0 saturated heterocycles. The maximum Gasteiger partial charge on any atom is 0.341 e. The van der Waals surface area contributed by atoms with E-state index in [1.807, 2.05) is 0 Å². The largest absolute Gasteiger partial charge is 0.542 e. The quantitative estimate of drug-likeness (QED) is 0.345. The second-order valence-corrected chi connectivity index (χ2v) is 24.6. The van der Waals surface area contributed by atoms with Gasteiger partial charge in [0.25, 0.3) is 0 Å². The lowest BCUT2D eigenvalue weighted by Crippen LogP contribution is -2.34. The van der Waals surface area contributed by atoms with Crippen molar-refractivity contribution in [3.63, 3.8) is 0 Å². The summed E-state index contributed by atoms with van der Waals surface area (Å²) in [6, 6.07) is 2.97. The highest BCUT2D eigenvalue weighted by Gasteiger charge is 2.32. The first kappa shape index (κ1) is 27.3. The van der Waals surface area contributed by atoms with E-state index in [1.165, 1.54) is 5.57 Å². The van der Waals surface area contributed by atoms with Crippen LogP contribution in [-0.2, 0) is 0 Å². The fourth-order valence-corrected chi connectivity index (χ4v) is 5.78. The van der Waals surface area contributed by atoms with Crippen molar-refractivity contribution in [2.75, 3.05) is 0 Å². The molecule has 0 spiro atoms. The number of hydrogen-bond donors (Lipinski definition) is 0. The average molecular weight is 495 g/mol. The fraction of sp³-hybridized carbons (Fsp3) is 0.619. The second kappa shape index (κ2) is 10.2. The number of rotatable bonds is 10. The molecule has 30 heavy (non-hydrogen) atoms. The van der Waals surface area contributed by atoms with Gasteiger partial charge in [-0.05, 0) is 90.8 Å². The van der Waals surface area contributed by atoms with Gasteiger partial charge in [0.1, 0.15) is 5.75 Å². The molecular weight excluding hydrogens is 457 g/mol. The molecular formula is C21H38O4Si5. The van der Waals surface area contributed by atoms with Crippen LogP contribution in [-0.4, -0.2) is 45.7 Å². The van der Waals surface area contributed by atoms with Gasteiger partial charge in [-0.15, -0.1) is 0 Å². The molecule has 166 valence electrons. The van der Waals surface area contributed by atoms with E-state index in [-0.39, 0.29) is 0 Å². The molecule has 6 radical (unpaired) electrons. The van der Waals surface area contributed by atoms with Gasteiger partial charge in [0.05, 0.1) is 0 Å². The molecule has 9 heteroatoms. The molecule has 1 rings (SSSR count). The lowest BCUT2D eigenvalue weighted by atomic mass is 9.99. The van der Waals surface area contributed by atoms with Crippen LogP contribution in [0.5, 0.6) is 23.0 Å². The maximum atomic E-state index is 6.57. The third kappa shape index (κ3) is 8.41. The summed E-state index contributed by atoms with van der Waals surface area (Å²) in [7, 11) is 1.09. The zero-order valence-corrected chi connectivity index (χ0v) is 25.6. The molecule has 0 aliphatic rings. The molecule has 0 saturated carbocycles. The van der Waals surface area contributed by atoms with Gasteiger partial charge in [0.2, 0.25) is 25.0 Å². The van der Waals surface area contributed by atoms with E-state index in [4.69, 9.17) is 17.7 Å². The SMILES string of the molecule is CC(CC[Si])=C(C)c1cc(O[Si](C)(C)C)c(O[Si](C)(C)C)c(O[Si](C)(C)C)c1O[Si]. The highest BCUT2D eigenvalue weighted by Crippen LogP contribution is 2.51. The molecule has 4 nitrogen and oxygen atoms in total. The Kier molecular flexibility index (Phi) is 9.31. The molecule has 0 bridgehead atoms. The van der Waals surface area contributed by atoms with Crippen LogP contribution in [0.2, 0.25) is 65.0 Å². The molecule has 0 aliphatic heterocycles. The maximum absolute atomic E-state index is 6.57. The predicted molar refractivity (Wildman–Crippen MR) is 138 cm³/mol. The minimum absolute atomic E-state index is 0.642. The Labute approximate surface area is 194 Å². The van der Waals surface area contributed by atoms with Crippen LogP contribution in [0, 0.1) is 0 Å². The van der Waals surface area contributed by atoms with Crippen LogP contribution in [0.15, 0.2) is 11.6 Å². The van der Waals surface area contributed by atoms with Crippen LogP contribution < -0.4 is 17.7 Å². The second-order valence-electron chi connectivity index (χ2n) is 10.6. The van der Waals surface area contributed by atoms with Crippen LogP contribution in [0.4, 0.5) is 0 Å². The minimum Gasteiger partial charge on any atom is -0.542 e. The van der Waals surface area contributed by atoms with E-state index in [1.54, 1.807) is 0 Å². The van der Waals surface area contributed by atoms with Crippen molar-refractivity contribution in [1.82, 2.24) is 0 Å². The zero-order valence-electron chi connectivity index (χ0n) is 20.6. The lowest BCUT2D eigenvalue weighted by molar-refractivity contribution is 0.438. The van der Waals surface area contributed by atoms with Gasteiger partial charge in [-0.1, -0.05) is 11.6 Å². The highest BCUT2D eigenvalue weighted by molar-refractivity contribution is 6.71. The Morgan fingerprint density at radius 2 is 1.23 bits per heavy atom. The Bertz CT molecular complexity index is 772. The van der Waals surface area contributed by atoms with Gasteiger partial charge in [-0.25, -0.2) is 0 Å². The summed E-state index contributed by atoms with van der Waals surface area (Å²) in [4.78, 5) is 0. The van der Waals surface area contributed by atoms with E-state index < -0.39 is 25.0 Å². The number of allylic oxidation sites excluding steroid dienone is 2. The lowest BCUT2D eigenvalue weighted by Gasteiger charge is -2.32. The van der Waals surface area contributed by atoms with E-state index >= 15 is 0 Å². The van der Waals surface area contributed by atoms with Crippen molar-refractivity contribution in [2.45, 2.75) is 85.2 Å². The van der Waals surface area contributed by atoms with Crippen molar-refractivity contribution in [1.29, 1.82) is 0 Å².